The van der Waals surface area contributed by atoms with Gasteiger partial charge >= 0.3 is 0 Å². The predicted octanol–water partition coefficient (Wildman–Crippen LogP) is 0.830. The van der Waals surface area contributed by atoms with Gasteiger partial charge in [0.2, 0.25) is 0 Å². The van der Waals surface area contributed by atoms with Crippen molar-refractivity contribution in [1.29, 1.82) is 0 Å². The van der Waals surface area contributed by atoms with Crippen molar-refractivity contribution in [2.45, 2.75) is 12.8 Å². The maximum atomic E-state index is 11.5. The minimum absolute atomic E-state index is 0.233. The summed E-state index contributed by atoms with van der Waals surface area (Å²) in [7, 11) is 0. The second-order valence-electron chi connectivity index (χ2n) is 3.05. The maximum Gasteiger partial charge on any atom is 0.253 e. The van der Waals surface area contributed by atoms with Crippen molar-refractivity contribution in [2.24, 2.45) is 0 Å². The molecular formula is C11H15NO3. The zero-order valence-electron chi connectivity index (χ0n) is 8.64. The largest absolute Gasteiger partial charge is 0.395 e. The van der Waals surface area contributed by atoms with E-state index in [2.05, 4.69) is 5.48 Å². The van der Waals surface area contributed by atoms with Crippen molar-refractivity contribution in [2.75, 3.05) is 13.2 Å². The number of nitrogens with one attached hydrogen (secondary N) is 1. The Hall–Kier alpha value is -1.39. The number of hydrogen-bond donors (Lipinski definition) is 2. The van der Waals surface area contributed by atoms with Gasteiger partial charge in [-0.25, -0.2) is 5.48 Å². The molecule has 0 fully saturated rings. The molecule has 0 aromatic heterocycles. The van der Waals surface area contributed by atoms with Crippen molar-refractivity contribution in [3.63, 3.8) is 0 Å². The molecule has 0 saturated carbocycles. The number of aliphatic hydroxyl groups excluding tert-OH is 1. The van der Waals surface area contributed by atoms with E-state index in [-0.39, 0.29) is 12.5 Å². The fourth-order valence-electron chi connectivity index (χ4n) is 1.24. The zero-order chi connectivity index (χ0) is 11.1. The highest BCUT2D eigenvalue weighted by molar-refractivity contribution is 5.82. The van der Waals surface area contributed by atoms with Crippen LogP contribution in [0.15, 0.2) is 30.3 Å². The third-order valence-corrected chi connectivity index (χ3v) is 2.02. The third kappa shape index (κ3) is 3.34. The highest BCUT2D eigenvalue weighted by Crippen LogP contribution is 2.14. The first-order chi connectivity index (χ1) is 7.29. The van der Waals surface area contributed by atoms with Gasteiger partial charge in [0.1, 0.15) is 0 Å². The number of hydroxylamine groups is 1. The Morgan fingerprint density at radius 1 is 1.47 bits per heavy atom. The molecule has 1 amide bonds. The van der Waals surface area contributed by atoms with E-state index in [1.165, 1.54) is 0 Å². The summed E-state index contributed by atoms with van der Waals surface area (Å²) in [4.78, 5) is 16.3. The van der Waals surface area contributed by atoms with Gasteiger partial charge in [-0.2, -0.15) is 0 Å². The van der Waals surface area contributed by atoms with Gasteiger partial charge < -0.3 is 5.11 Å². The summed E-state index contributed by atoms with van der Waals surface area (Å²) >= 11 is 0. The summed E-state index contributed by atoms with van der Waals surface area (Å²) in [5.74, 6) is -0.900. The number of benzene rings is 1. The molecule has 82 valence electrons. The molecule has 0 aliphatic heterocycles. The molecule has 15 heavy (non-hydrogen) atoms. The minimum Gasteiger partial charge on any atom is -0.395 e. The van der Waals surface area contributed by atoms with Crippen LogP contribution in [0.5, 0.6) is 0 Å². The molecule has 4 heteroatoms. The molecule has 0 saturated heterocycles. The second-order valence-corrected chi connectivity index (χ2v) is 3.05. The Morgan fingerprint density at radius 2 is 2.13 bits per heavy atom. The smallest absolute Gasteiger partial charge is 0.253 e. The van der Waals surface area contributed by atoms with E-state index in [1.54, 1.807) is 19.1 Å². The minimum atomic E-state index is -0.572. The SMILES string of the molecule is CCONC(=O)C(CO)c1ccccc1. The fraction of sp³-hybridized carbons (Fsp3) is 0.364. The van der Waals surface area contributed by atoms with E-state index in [9.17, 15) is 4.79 Å². The Bertz CT molecular complexity index is 300. The maximum absolute atomic E-state index is 11.5. The lowest BCUT2D eigenvalue weighted by Gasteiger charge is -2.13. The molecule has 4 nitrogen and oxygen atoms in total. The van der Waals surface area contributed by atoms with Crippen LogP contribution in [0.4, 0.5) is 0 Å². The fourth-order valence-corrected chi connectivity index (χ4v) is 1.24. The monoisotopic (exact) mass is 209 g/mol. The van der Waals surface area contributed by atoms with Gasteiger partial charge in [0.25, 0.3) is 5.91 Å². The van der Waals surface area contributed by atoms with E-state index in [4.69, 9.17) is 9.94 Å². The first kappa shape index (κ1) is 11.7. The number of carbonyl (C=O) groups is 1. The van der Waals surface area contributed by atoms with Crippen molar-refractivity contribution in [3.8, 4) is 0 Å². The summed E-state index contributed by atoms with van der Waals surface area (Å²) in [6.45, 7) is 1.94. The van der Waals surface area contributed by atoms with Crippen LogP contribution in [-0.2, 0) is 9.63 Å². The number of amides is 1. The van der Waals surface area contributed by atoms with E-state index in [0.717, 1.165) is 5.56 Å². The molecule has 0 heterocycles. The van der Waals surface area contributed by atoms with Gasteiger partial charge in [-0.3, -0.25) is 9.63 Å². The summed E-state index contributed by atoms with van der Waals surface area (Å²) in [5.41, 5.74) is 3.06. The molecular weight excluding hydrogens is 194 g/mol. The molecule has 1 rings (SSSR count). The van der Waals surface area contributed by atoms with Gasteiger partial charge in [0, 0.05) is 0 Å². The van der Waals surface area contributed by atoms with Crippen LogP contribution in [0, 0.1) is 0 Å². The van der Waals surface area contributed by atoms with Gasteiger partial charge in [-0.05, 0) is 12.5 Å². The Labute approximate surface area is 88.8 Å². The summed E-state index contributed by atoms with van der Waals surface area (Å²) < 4.78 is 0. The van der Waals surface area contributed by atoms with Crippen LogP contribution in [0.3, 0.4) is 0 Å². The van der Waals surface area contributed by atoms with Crippen molar-refractivity contribution < 1.29 is 14.7 Å². The van der Waals surface area contributed by atoms with Crippen molar-refractivity contribution in [1.82, 2.24) is 5.48 Å². The molecule has 0 radical (unpaired) electrons. The molecule has 1 aromatic rings. The molecule has 1 aromatic carbocycles. The summed E-state index contributed by atoms with van der Waals surface area (Å²) in [5, 5.41) is 9.13. The zero-order valence-corrected chi connectivity index (χ0v) is 8.64. The standard InChI is InChI=1S/C11H15NO3/c1-2-15-12-11(14)10(8-13)9-6-4-3-5-7-9/h3-7,10,13H,2,8H2,1H3,(H,12,14). The lowest BCUT2D eigenvalue weighted by molar-refractivity contribution is -0.135. The molecule has 0 bridgehead atoms. The normalized spacial score (nSPS) is 12.1. The molecule has 1 atom stereocenters. The van der Waals surface area contributed by atoms with E-state index in [0.29, 0.717) is 6.61 Å². The average Bonchev–Trinajstić information content (AvgIpc) is 2.29. The van der Waals surface area contributed by atoms with Gasteiger partial charge in [0.05, 0.1) is 19.1 Å². The first-order valence-corrected chi connectivity index (χ1v) is 4.87. The van der Waals surface area contributed by atoms with Crippen molar-refractivity contribution in [3.05, 3.63) is 35.9 Å². The summed E-state index contributed by atoms with van der Waals surface area (Å²) in [6, 6.07) is 9.11. The molecule has 0 aliphatic carbocycles. The molecule has 2 N–H and O–H groups in total. The van der Waals surface area contributed by atoms with Crippen LogP contribution >= 0.6 is 0 Å². The van der Waals surface area contributed by atoms with E-state index < -0.39 is 5.92 Å². The van der Waals surface area contributed by atoms with Crippen LogP contribution in [0.1, 0.15) is 18.4 Å². The number of aliphatic hydroxyl groups is 1. The lowest BCUT2D eigenvalue weighted by atomic mass is 10.00. The second kappa shape index (κ2) is 6.16. The van der Waals surface area contributed by atoms with E-state index >= 15 is 0 Å². The average molecular weight is 209 g/mol. The van der Waals surface area contributed by atoms with Crippen LogP contribution in [0.25, 0.3) is 0 Å². The Kier molecular flexibility index (Phi) is 4.80. The van der Waals surface area contributed by atoms with Gasteiger partial charge in [0.15, 0.2) is 0 Å². The van der Waals surface area contributed by atoms with Crippen LogP contribution in [-0.4, -0.2) is 24.2 Å². The molecule has 0 spiro atoms. The summed E-state index contributed by atoms with van der Waals surface area (Å²) in [6.07, 6.45) is 0. The predicted molar refractivity (Wildman–Crippen MR) is 56.0 cm³/mol. The number of hydrogen-bond acceptors (Lipinski definition) is 3. The van der Waals surface area contributed by atoms with Crippen molar-refractivity contribution >= 4 is 5.91 Å². The first-order valence-electron chi connectivity index (χ1n) is 4.87. The highest BCUT2D eigenvalue weighted by atomic mass is 16.6. The van der Waals surface area contributed by atoms with Crippen LogP contribution < -0.4 is 5.48 Å². The Balaban J connectivity index is 2.67. The van der Waals surface area contributed by atoms with Gasteiger partial charge in [-0.15, -0.1) is 0 Å². The number of rotatable bonds is 5. The topological polar surface area (TPSA) is 58.6 Å². The highest BCUT2D eigenvalue weighted by Gasteiger charge is 2.19. The molecule has 1 unspecified atom stereocenters. The Morgan fingerprint density at radius 3 is 2.67 bits per heavy atom. The quantitative estimate of drug-likeness (QED) is 0.706. The third-order valence-electron chi connectivity index (χ3n) is 2.02. The number of carbonyl (C=O) groups excluding carboxylic acids is 1. The molecule has 0 aliphatic rings. The van der Waals surface area contributed by atoms with Crippen LogP contribution in [0.2, 0.25) is 0 Å². The van der Waals surface area contributed by atoms with E-state index in [1.807, 2.05) is 18.2 Å². The van der Waals surface area contributed by atoms with Gasteiger partial charge in [-0.1, -0.05) is 30.3 Å². The lowest BCUT2D eigenvalue weighted by Crippen LogP contribution is -2.31.